The number of nitrogens with one attached hydrogen (secondary N) is 1. The fraction of sp³-hybridized carbons (Fsp3) is 0.0833. The van der Waals surface area contributed by atoms with Gasteiger partial charge in [-0.2, -0.15) is 15.8 Å². The molecule has 0 saturated carbocycles. The third kappa shape index (κ3) is 3.71. The van der Waals surface area contributed by atoms with Gasteiger partial charge in [0, 0.05) is 5.69 Å². The molecule has 0 aliphatic heterocycles. The molecular formula is C12H9N5O3S. The van der Waals surface area contributed by atoms with E-state index in [0.717, 1.165) is 6.07 Å². The number of rotatable bonds is 4. The van der Waals surface area contributed by atoms with E-state index in [-0.39, 0.29) is 22.0 Å². The van der Waals surface area contributed by atoms with E-state index >= 15 is 0 Å². The van der Waals surface area contributed by atoms with Gasteiger partial charge in [-0.05, 0) is 18.2 Å². The second-order valence-electron chi connectivity index (χ2n) is 3.62. The SMILES string of the molecule is COc1ccc(NC(C#N)=C(C#N)C#N)cc1S(N)(=O)=O. The number of anilines is 1. The normalized spacial score (nSPS) is 9.67. The molecule has 106 valence electrons. The standard InChI is InChI=1S/C12H9N5O3S/c1-20-11-3-2-9(4-12(11)21(16,18)19)17-10(7-15)8(5-13)6-14/h2-4,17H,1H3,(H2,16,18,19). The highest BCUT2D eigenvalue weighted by atomic mass is 32.2. The molecule has 1 aromatic carbocycles. The van der Waals surface area contributed by atoms with Crippen LogP contribution in [0.3, 0.4) is 0 Å². The Balaban J connectivity index is 3.37. The summed E-state index contributed by atoms with van der Waals surface area (Å²) >= 11 is 0. The average Bonchev–Trinajstić information content (AvgIpc) is 2.46. The molecule has 0 saturated heterocycles. The molecular weight excluding hydrogens is 294 g/mol. The Morgan fingerprint density at radius 1 is 1.24 bits per heavy atom. The number of ether oxygens (including phenoxy) is 1. The van der Waals surface area contributed by atoms with Gasteiger partial charge in [0.05, 0.1) is 7.11 Å². The maximum absolute atomic E-state index is 11.5. The van der Waals surface area contributed by atoms with Gasteiger partial charge in [-0.3, -0.25) is 0 Å². The first-order valence-electron chi connectivity index (χ1n) is 5.29. The van der Waals surface area contributed by atoms with Crippen LogP contribution < -0.4 is 15.2 Å². The van der Waals surface area contributed by atoms with Crippen molar-refractivity contribution in [3.05, 3.63) is 29.5 Å². The van der Waals surface area contributed by atoms with E-state index < -0.39 is 15.6 Å². The number of benzene rings is 1. The molecule has 3 N–H and O–H groups in total. The molecule has 0 unspecified atom stereocenters. The van der Waals surface area contributed by atoms with Crippen molar-refractivity contribution < 1.29 is 13.2 Å². The maximum Gasteiger partial charge on any atom is 0.241 e. The maximum atomic E-state index is 11.5. The molecule has 0 radical (unpaired) electrons. The zero-order valence-corrected chi connectivity index (χ0v) is 11.6. The van der Waals surface area contributed by atoms with Crippen LogP contribution in [0.4, 0.5) is 5.69 Å². The van der Waals surface area contributed by atoms with E-state index in [1.165, 1.54) is 19.2 Å². The minimum absolute atomic E-state index is 0.0336. The van der Waals surface area contributed by atoms with E-state index in [2.05, 4.69) is 5.32 Å². The summed E-state index contributed by atoms with van der Waals surface area (Å²) < 4.78 is 27.8. The van der Waals surface area contributed by atoms with Crippen LogP contribution in [0.25, 0.3) is 0 Å². The second kappa shape index (κ2) is 6.40. The van der Waals surface area contributed by atoms with Gasteiger partial charge < -0.3 is 10.1 Å². The molecule has 0 aliphatic carbocycles. The largest absolute Gasteiger partial charge is 0.495 e. The lowest BCUT2D eigenvalue weighted by Gasteiger charge is -2.10. The summed E-state index contributed by atoms with van der Waals surface area (Å²) in [6, 6.07) is 8.64. The molecule has 8 nitrogen and oxygen atoms in total. The highest BCUT2D eigenvalue weighted by Gasteiger charge is 2.16. The third-order valence-electron chi connectivity index (χ3n) is 2.32. The number of allylic oxidation sites excluding steroid dienone is 2. The van der Waals surface area contributed by atoms with Crippen LogP contribution in [0.5, 0.6) is 5.75 Å². The van der Waals surface area contributed by atoms with Crippen molar-refractivity contribution in [2.24, 2.45) is 5.14 Å². The van der Waals surface area contributed by atoms with Crippen LogP contribution >= 0.6 is 0 Å². The van der Waals surface area contributed by atoms with Gasteiger partial charge in [-0.15, -0.1) is 0 Å². The summed E-state index contributed by atoms with van der Waals surface area (Å²) in [5.41, 5.74) is -0.560. The summed E-state index contributed by atoms with van der Waals surface area (Å²) in [4.78, 5) is -0.289. The van der Waals surface area contributed by atoms with Crippen molar-refractivity contribution in [1.82, 2.24) is 0 Å². The Bertz CT molecular complexity index is 806. The van der Waals surface area contributed by atoms with Gasteiger partial charge >= 0.3 is 0 Å². The van der Waals surface area contributed by atoms with Crippen molar-refractivity contribution >= 4 is 15.7 Å². The number of methoxy groups -OCH3 is 1. The fourth-order valence-electron chi connectivity index (χ4n) is 1.40. The molecule has 0 aliphatic rings. The van der Waals surface area contributed by atoms with Gasteiger partial charge in [-0.1, -0.05) is 0 Å². The number of nitrogens with two attached hydrogens (primary N) is 1. The van der Waals surface area contributed by atoms with Crippen LogP contribution in [-0.4, -0.2) is 15.5 Å². The number of hydrogen-bond donors (Lipinski definition) is 2. The Morgan fingerprint density at radius 3 is 2.29 bits per heavy atom. The van der Waals surface area contributed by atoms with Crippen LogP contribution in [0, 0.1) is 34.0 Å². The van der Waals surface area contributed by atoms with Crippen molar-refractivity contribution in [2.75, 3.05) is 12.4 Å². The number of hydrogen-bond acceptors (Lipinski definition) is 7. The number of primary sulfonamides is 1. The Labute approximate surface area is 121 Å². The smallest absolute Gasteiger partial charge is 0.241 e. The lowest BCUT2D eigenvalue weighted by Crippen LogP contribution is -2.14. The molecule has 0 amide bonds. The van der Waals surface area contributed by atoms with Crippen LogP contribution in [-0.2, 0) is 10.0 Å². The lowest BCUT2D eigenvalue weighted by molar-refractivity contribution is 0.403. The molecule has 1 aromatic rings. The zero-order chi connectivity index (χ0) is 16.0. The molecule has 1 rings (SSSR count). The van der Waals surface area contributed by atoms with Crippen molar-refractivity contribution in [3.63, 3.8) is 0 Å². The fourth-order valence-corrected chi connectivity index (χ4v) is 2.13. The first kappa shape index (κ1) is 16.0. The molecule has 21 heavy (non-hydrogen) atoms. The van der Waals surface area contributed by atoms with Gasteiger partial charge in [0.25, 0.3) is 0 Å². The van der Waals surface area contributed by atoms with Gasteiger partial charge in [-0.25, -0.2) is 13.6 Å². The average molecular weight is 303 g/mol. The molecule has 0 aromatic heterocycles. The topological polar surface area (TPSA) is 153 Å². The van der Waals surface area contributed by atoms with Gasteiger partial charge in [0.2, 0.25) is 10.0 Å². The summed E-state index contributed by atoms with van der Waals surface area (Å²) in [6.45, 7) is 0. The lowest BCUT2D eigenvalue weighted by atomic mass is 10.2. The Hall–Kier alpha value is -3.06. The first-order chi connectivity index (χ1) is 9.87. The van der Waals surface area contributed by atoms with Crippen LogP contribution in [0.2, 0.25) is 0 Å². The summed E-state index contributed by atoms with van der Waals surface area (Å²) in [7, 11) is -2.76. The Kier molecular flexibility index (Phi) is 4.87. The number of nitrogens with zero attached hydrogens (tertiary/aromatic N) is 3. The van der Waals surface area contributed by atoms with Crippen molar-refractivity contribution in [1.29, 1.82) is 15.8 Å². The van der Waals surface area contributed by atoms with Crippen molar-refractivity contribution in [2.45, 2.75) is 4.90 Å². The van der Waals surface area contributed by atoms with Gasteiger partial charge in [0.1, 0.15) is 34.5 Å². The van der Waals surface area contributed by atoms with Crippen LogP contribution in [0.1, 0.15) is 0 Å². The highest BCUT2D eigenvalue weighted by Crippen LogP contribution is 2.26. The Morgan fingerprint density at radius 2 is 1.86 bits per heavy atom. The molecule has 0 heterocycles. The quantitative estimate of drug-likeness (QED) is 0.771. The highest BCUT2D eigenvalue weighted by molar-refractivity contribution is 7.89. The third-order valence-corrected chi connectivity index (χ3v) is 3.26. The predicted octanol–water partition coefficient (Wildman–Crippen LogP) is 0.579. The number of sulfonamides is 1. The van der Waals surface area contributed by atoms with Crippen molar-refractivity contribution in [3.8, 4) is 24.0 Å². The minimum Gasteiger partial charge on any atom is -0.495 e. The molecule has 0 bridgehead atoms. The van der Waals surface area contributed by atoms with E-state index in [4.69, 9.17) is 25.7 Å². The summed E-state index contributed by atoms with van der Waals surface area (Å²) in [6.07, 6.45) is 0. The van der Waals surface area contributed by atoms with E-state index in [0.29, 0.717) is 0 Å². The summed E-state index contributed by atoms with van der Waals surface area (Å²) in [5, 5.41) is 33.9. The second-order valence-corrected chi connectivity index (χ2v) is 5.15. The predicted molar refractivity (Wildman–Crippen MR) is 71.9 cm³/mol. The minimum atomic E-state index is -4.04. The molecule has 0 atom stereocenters. The first-order valence-corrected chi connectivity index (χ1v) is 6.84. The molecule has 0 fully saturated rings. The number of nitriles is 3. The summed E-state index contributed by atoms with van der Waals surface area (Å²) in [5.74, 6) is 0.0336. The van der Waals surface area contributed by atoms with E-state index in [1.54, 1.807) is 18.2 Å². The molecule has 9 heteroatoms. The van der Waals surface area contributed by atoms with Gasteiger partial charge in [0.15, 0.2) is 5.57 Å². The monoisotopic (exact) mass is 303 g/mol. The zero-order valence-electron chi connectivity index (χ0n) is 10.8. The van der Waals surface area contributed by atoms with E-state index in [1.807, 2.05) is 0 Å². The van der Waals surface area contributed by atoms with E-state index in [9.17, 15) is 8.42 Å². The van der Waals surface area contributed by atoms with Crippen LogP contribution in [0.15, 0.2) is 34.4 Å². The molecule has 0 spiro atoms.